The first-order valence-electron chi connectivity index (χ1n) is 9.27. The lowest BCUT2D eigenvalue weighted by molar-refractivity contribution is -0.128. The molecule has 3 fully saturated rings. The van der Waals surface area contributed by atoms with Gasteiger partial charge in [0.1, 0.15) is 5.78 Å². The molecule has 0 N–H and O–H groups in total. The second-order valence-electron chi connectivity index (χ2n) is 8.45. The summed E-state index contributed by atoms with van der Waals surface area (Å²) >= 11 is 0. The third-order valence-electron chi connectivity index (χ3n) is 7.22. The Morgan fingerprint density at radius 3 is 2.48 bits per heavy atom. The van der Waals surface area contributed by atoms with Gasteiger partial charge in [-0.1, -0.05) is 33.6 Å². The fourth-order valence-electron chi connectivity index (χ4n) is 5.43. The molecular weight excluding hydrogens is 310 g/mol. The lowest BCUT2D eigenvalue weighted by Crippen LogP contribution is -2.49. The van der Waals surface area contributed by atoms with Gasteiger partial charge in [0.2, 0.25) is 10.0 Å². The number of hydrogen-bond acceptors (Lipinski definition) is 3. The van der Waals surface area contributed by atoms with Crippen molar-refractivity contribution in [1.29, 1.82) is 0 Å². The van der Waals surface area contributed by atoms with Gasteiger partial charge in [0.05, 0.1) is 5.75 Å². The molecule has 1 heterocycles. The number of sulfonamides is 1. The molecule has 132 valence electrons. The number of rotatable bonds is 4. The van der Waals surface area contributed by atoms with Crippen LogP contribution in [0.5, 0.6) is 0 Å². The molecule has 5 heteroatoms. The van der Waals surface area contributed by atoms with Gasteiger partial charge in [0.15, 0.2) is 0 Å². The van der Waals surface area contributed by atoms with E-state index in [-0.39, 0.29) is 23.0 Å². The first-order valence-corrected chi connectivity index (χ1v) is 10.9. The van der Waals surface area contributed by atoms with Gasteiger partial charge in [-0.15, -0.1) is 0 Å². The molecule has 3 rings (SSSR count). The zero-order chi connectivity index (χ0) is 16.9. The smallest absolute Gasteiger partial charge is 0.215 e. The van der Waals surface area contributed by atoms with Crippen molar-refractivity contribution in [3.63, 3.8) is 0 Å². The molecule has 2 saturated carbocycles. The van der Waals surface area contributed by atoms with Crippen molar-refractivity contribution in [3.05, 3.63) is 0 Å². The summed E-state index contributed by atoms with van der Waals surface area (Å²) in [6.07, 6.45) is 7.35. The molecule has 0 aromatic heterocycles. The number of Topliss-reactive ketones (excluding diaryl/α,β-unsaturated/α-hetero) is 1. The van der Waals surface area contributed by atoms with E-state index in [9.17, 15) is 13.2 Å². The molecule has 0 spiro atoms. The molecule has 3 atom stereocenters. The molecule has 3 aliphatic rings. The first kappa shape index (κ1) is 17.4. The Bertz CT molecular complexity index is 583. The summed E-state index contributed by atoms with van der Waals surface area (Å²) in [4.78, 5) is 12.7. The number of ketones is 1. The summed E-state index contributed by atoms with van der Waals surface area (Å²) in [6, 6.07) is 0.121. The normalized spacial score (nSPS) is 38.0. The van der Waals surface area contributed by atoms with Gasteiger partial charge in [-0.25, -0.2) is 8.42 Å². The topological polar surface area (TPSA) is 54.5 Å². The van der Waals surface area contributed by atoms with Crippen LogP contribution in [0, 0.1) is 16.7 Å². The van der Waals surface area contributed by atoms with E-state index in [1.54, 1.807) is 4.31 Å². The number of carbonyl (C=O) groups excluding carboxylic acids is 1. The van der Waals surface area contributed by atoms with Crippen molar-refractivity contribution in [2.24, 2.45) is 16.7 Å². The van der Waals surface area contributed by atoms with Crippen molar-refractivity contribution in [1.82, 2.24) is 4.31 Å². The van der Waals surface area contributed by atoms with Crippen LogP contribution >= 0.6 is 0 Å². The predicted molar refractivity (Wildman–Crippen MR) is 91.6 cm³/mol. The van der Waals surface area contributed by atoms with Gasteiger partial charge < -0.3 is 0 Å². The van der Waals surface area contributed by atoms with Crippen LogP contribution in [-0.4, -0.2) is 36.8 Å². The van der Waals surface area contributed by atoms with Crippen molar-refractivity contribution in [3.8, 4) is 0 Å². The van der Waals surface area contributed by atoms with Crippen molar-refractivity contribution < 1.29 is 13.2 Å². The Morgan fingerprint density at radius 1 is 1.17 bits per heavy atom. The van der Waals surface area contributed by atoms with Crippen molar-refractivity contribution in [2.75, 3.05) is 12.3 Å². The van der Waals surface area contributed by atoms with Gasteiger partial charge in [-0.3, -0.25) is 4.79 Å². The van der Waals surface area contributed by atoms with E-state index in [1.165, 1.54) is 0 Å². The van der Waals surface area contributed by atoms with E-state index < -0.39 is 15.4 Å². The minimum Gasteiger partial charge on any atom is -0.299 e. The summed E-state index contributed by atoms with van der Waals surface area (Å²) in [5.74, 6) is 0.611. The van der Waals surface area contributed by atoms with Crippen LogP contribution in [0.2, 0.25) is 0 Å². The fourth-order valence-corrected chi connectivity index (χ4v) is 8.01. The van der Waals surface area contributed by atoms with Gasteiger partial charge in [0.25, 0.3) is 0 Å². The molecule has 0 unspecified atom stereocenters. The van der Waals surface area contributed by atoms with Gasteiger partial charge in [-0.2, -0.15) is 4.31 Å². The van der Waals surface area contributed by atoms with Crippen LogP contribution in [0.4, 0.5) is 0 Å². The maximum Gasteiger partial charge on any atom is 0.215 e. The van der Waals surface area contributed by atoms with Crippen LogP contribution in [0.3, 0.4) is 0 Å². The molecule has 1 saturated heterocycles. The van der Waals surface area contributed by atoms with E-state index in [4.69, 9.17) is 0 Å². The first-order chi connectivity index (χ1) is 10.7. The molecule has 0 aromatic rings. The third kappa shape index (κ3) is 2.58. The maximum absolute atomic E-state index is 13.3. The SMILES string of the molecule is CC[C@H]1CCCCCN1S(=O)(=O)C[C@@]12CC[C@@H](CC1=O)C2(C)C. The average Bonchev–Trinajstić information content (AvgIpc) is 2.75. The second-order valence-corrected chi connectivity index (χ2v) is 10.4. The fraction of sp³-hybridized carbons (Fsp3) is 0.944. The average molecular weight is 342 g/mol. The zero-order valence-electron chi connectivity index (χ0n) is 14.8. The summed E-state index contributed by atoms with van der Waals surface area (Å²) in [7, 11) is -3.39. The third-order valence-corrected chi connectivity index (χ3v) is 9.27. The number of carbonyl (C=O) groups is 1. The van der Waals surface area contributed by atoms with Crippen LogP contribution in [0.15, 0.2) is 0 Å². The molecule has 4 nitrogen and oxygen atoms in total. The molecular formula is C18H31NO3S. The minimum absolute atomic E-state index is 0.0405. The highest BCUT2D eigenvalue weighted by Crippen LogP contribution is 2.64. The zero-order valence-corrected chi connectivity index (χ0v) is 15.6. The number of nitrogens with zero attached hydrogens (tertiary/aromatic N) is 1. The predicted octanol–water partition coefficient (Wildman–Crippen LogP) is 3.37. The van der Waals surface area contributed by atoms with E-state index >= 15 is 0 Å². The van der Waals surface area contributed by atoms with E-state index in [1.807, 2.05) is 0 Å². The van der Waals surface area contributed by atoms with Crippen molar-refractivity contribution in [2.45, 2.75) is 78.2 Å². The molecule has 0 aromatic carbocycles. The molecule has 1 aliphatic heterocycles. The molecule has 23 heavy (non-hydrogen) atoms. The van der Waals surface area contributed by atoms with Crippen molar-refractivity contribution >= 4 is 15.8 Å². The largest absolute Gasteiger partial charge is 0.299 e. The molecule has 0 radical (unpaired) electrons. The van der Waals surface area contributed by atoms with Crippen LogP contribution in [-0.2, 0) is 14.8 Å². The van der Waals surface area contributed by atoms with E-state index in [0.29, 0.717) is 18.9 Å². The summed E-state index contributed by atoms with van der Waals surface area (Å²) in [6.45, 7) is 6.94. The highest BCUT2D eigenvalue weighted by atomic mass is 32.2. The van der Waals surface area contributed by atoms with Gasteiger partial charge in [-0.05, 0) is 43.4 Å². The standard InChI is InChI=1S/C18H31NO3S/c1-4-15-8-6-5-7-11-19(15)23(21,22)13-18-10-9-14(12-16(18)20)17(18,2)3/h14-15H,4-13H2,1-3H3/t14-,15-,18-/m0/s1. The summed E-state index contributed by atoms with van der Waals surface area (Å²) < 4.78 is 28.3. The highest BCUT2D eigenvalue weighted by molar-refractivity contribution is 7.89. The summed E-state index contributed by atoms with van der Waals surface area (Å²) in [5.41, 5.74) is -0.814. The lowest BCUT2D eigenvalue weighted by atomic mass is 9.70. The molecule has 0 amide bonds. The lowest BCUT2D eigenvalue weighted by Gasteiger charge is -2.39. The van der Waals surface area contributed by atoms with E-state index in [2.05, 4.69) is 20.8 Å². The van der Waals surface area contributed by atoms with Gasteiger partial charge >= 0.3 is 0 Å². The highest BCUT2D eigenvalue weighted by Gasteiger charge is 2.65. The Balaban J connectivity index is 1.90. The Labute approximate surface area is 141 Å². The monoisotopic (exact) mass is 341 g/mol. The summed E-state index contributed by atoms with van der Waals surface area (Å²) in [5, 5.41) is 0. The Kier molecular flexibility index (Phi) is 4.41. The molecule has 2 bridgehead atoms. The van der Waals surface area contributed by atoms with Gasteiger partial charge in [0, 0.05) is 24.4 Å². The number of hydrogen-bond donors (Lipinski definition) is 0. The minimum atomic E-state index is -3.39. The van der Waals surface area contributed by atoms with Crippen LogP contribution in [0.25, 0.3) is 0 Å². The quantitative estimate of drug-likeness (QED) is 0.788. The van der Waals surface area contributed by atoms with Crippen LogP contribution in [0.1, 0.15) is 72.1 Å². The second kappa shape index (κ2) is 5.83. The van der Waals surface area contributed by atoms with E-state index in [0.717, 1.165) is 44.9 Å². The Hall–Kier alpha value is -0.420. The Morgan fingerprint density at radius 2 is 1.91 bits per heavy atom. The maximum atomic E-state index is 13.3. The van der Waals surface area contributed by atoms with Crippen LogP contribution < -0.4 is 0 Å². The molecule has 2 aliphatic carbocycles. The number of fused-ring (bicyclic) bond motifs is 2.